The number of hydrogen-bond acceptors (Lipinski definition) is 4. The Labute approximate surface area is 165 Å². The summed E-state index contributed by atoms with van der Waals surface area (Å²) < 4.78 is 13.0. The van der Waals surface area contributed by atoms with Gasteiger partial charge in [-0.3, -0.25) is 14.5 Å². The van der Waals surface area contributed by atoms with Crippen LogP contribution in [-0.2, 0) is 9.59 Å². The van der Waals surface area contributed by atoms with E-state index in [1.165, 1.54) is 36.0 Å². The van der Waals surface area contributed by atoms with E-state index in [0.717, 1.165) is 0 Å². The fourth-order valence-corrected chi connectivity index (χ4v) is 3.91. The maximum atomic E-state index is 13.0. The monoisotopic (exact) mass is 405 g/mol. The molecule has 0 aliphatic carbocycles. The number of carbonyl (C=O) groups excluding carboxylic acids is 2. The van der Waals surface area contributed by atoms with Crippen molar-refractivity contribution in [2.24, 2.45) is 4.99 Å². The number of anilines is 1. The predicted molar refractivity (Wildman–Crippen MR) is 107 cm³/mol. The Hall–Kier alpha value is -2.38. The summed E-state index contributed by atoms with van der Waals surface area (Å²) >= 11 is 7.22. The van der Waals surface area contributed by atoms with Crippen LogP contribution in [0, 0.1) is 5.82 Å². The number of amides is 2. The Morgan fingerprint density at radius 1 is 1.33 bits per heavy atom. The molecule has 140 valence electrons. The van der Waals surface area contributed by atoms with Crippen LogP contribution in [0.15, 0.2) is 53.5 Å². The minimum Gasteiger partial charge on any atom is -0.325 e. The second kappa shape index (κ2) is 8.54. The van der Waals surface area contributed by atoms with Gasteiger partial charge in [-0.25, -0.2) is 9.38 Å². The molecule has 0 saturated carbocycles. The summed E-state index contributed by atoms with van der Waals surface area (Å²) in [6.07, 6.45) is 0.0695. The molecule has 5 nitrogen and oxygen atoms in total. The SMILES string of the molecule is CCN1C(=O)CC(C(=O)Nc2ccc(F)cc2)SC1=Nc1cccc(Cl)c1. The number of hydrogen-bond donors (Lipinski definition) is 1. The van der Waals surface area contributed by atoms with Crippen molar-refractivity contribution in [3.63, 3.8) is 0 Å². The van der Waals surface area contributed by atoms with E-state index < -0.39 is 5.25 Å². The number of rotatable bonds is 4. The average Bonchev–Trinajstić information content (AvgIpc) is 2.63. The quantitative estimate of drug-likeness (QED) is 0.816. The zero-order chi connectivity index (χ0) is 19.4. The van der Waals surface area contributed by atoms with Gasteiger partial charge in [0.25, 0.3) is 0 Å². The van der Waals surface area contributed by atoms with Gasteiger partial charge in [-0.05, 0) is 49.4 Å². The van der Waals surface area contributed by atoms with E-state index in [0.29, 0.717) is 28.1 Å². The topological polar surface area (TPSA) is 61.8 Å². The Morgan fingerprint density at radius 2 is 2.07 bits per heavy atom. The van der Waals surface area contributed by atoms with Gasteiger partial charge in [0.2, 0.25) is 11.8 Å². The predicted octanol–water partition coefficient (Wildman–Crippen LogP) is 4.46. The molecule has 1 heterocycles. The first-order valence-corrected chi connectivity index (χ1v) is 9.59. The molecule has 2 aromatic rings. The van der Waals surface area contributed by atoms with Crippen LogP contribution in [0.1, 0.15) is 13.3 Å². The number of thioether (sulfide) groups is 1. The Bertz CT molecular complexity index is 889. The van der Waals surface area contributed by atoms with E-state index in [2.05, 4.69) is 10.3 Å². The molecule has 1 unspecified atom stereocenters. The summed E-state index contributed by atoms with van der Waals surface area (Å²) in [5.74, 6) is -0.879. The molecule has 27 heavy (non-hydrogen) atoms. The molecule has 0 bridgehead atoms. The molecule has 2 amide bonds. The third-order valence-electron chi connectivity index (χ3n) is 3.89. The lowest BCUT2D eigenvalue weighted by Crippen LogP contribution is -2.45. The highest BCUT2D eigenvalue weighted by atomic mass is 35.5. The van der Waals surface area contributed by atoms with Crippen LogP contribution in [0.3, 0.4) is 0 Å². The van der Waals surface area contributed by atoms with Gasteiger partial charge >= 0.3 is 0 Å². The maximum Gasteiger partial charge on any atom is 0.238 e. The van der Waals surface area contributed by atoms with Crippen molar-refractivity contribution in [2.75, 3.05) is 11.9 Å². The first-order valence-electron chi connectivity index (χ1n) is 8.34. The smallest absolute Gasteiger partial charge is 0.238 e. The highest BCUT2D eigenvalue weighted by Crippen LogP contribution is 2.30. The molecule has 2 aromatic carbocycles. The number of aliphatic imine (C=N–C) groups is 1. The van der Waals surface area contributed by atoms with Gasteiger partial charge < -0.3 is 5.32 Å². The van der Waals surface area contributed by atoms with Crippen molar-refractivity contribution < 1.29 is 14.0 Å². The molecule has 1 N–H and O–H groups in total. The molecular weight excluding hydrogens is 389 g/mol. The molecular formula is C19H17ClFN3O2S. The minimum atomic E-state index is -0.622. The van der Waals surface area contributed by atoms with Gasteiger partial charge in [0.1, 0.15) is 11.1 Å². The van der Waals surface area contributed by atoms with Gasteiger partial charge in [-0.2, -0.15) is 0 Å². The molecule has 0 spiro atoms. The van der Waals surface area contributed by atoms with E-state index in [9.17, 15) is 14.0 Å². The van der Waals surface area contributed by atoms with Crippen LogP contribution in [-0.4, -0.2) is 33.7 Å². The number of halogens is 2. The molecule has 0 radical (unpaired) electrons. The summed E-state index contributed by atoms with van der Waals surface area (Å²) in [6, 6.07) is 12.4. The van der Waals surface area contributed by atoms with Crippen molar-refractivity contribution in [3.8, 4) is 0 Å². The largest absolute Gasteiger partial charge is 0.325 e. The van der Waals surface area contributed by atoms with Gasteiger partial charge in [0.05, 0.1) is 5.69 Å². The number of nitrogens with zero attached hydrogens (tertiary/aromatic N) is 2. The maximum absolute atomic E-state index is 13.0. The first kappa shape index (κ1) is 19.4. The molecule has 3 rings (SSSR count). The number of amidine groups is 1. The summed E-state index contributed by atoms with van der Waals surface area (Å²) in [6.45, 7) is 2.31. The number of nitrogens with one attached hydrogen (secondary N) is 1. The summed E-state index contributed by atoms with van der Waals surface area (Å²) in [5, 5.41) is 3.08. The van der Waals surface area contributed by atoms with Crippen LogP contribution in [0.4, 0.5) is 15.8 Å². The van der Waals surface area contributed by atoms with E-state index in [-0.39, 0.29) is 24.1 Å². The molecule has 1 aliphatic heterocycles. The normalized spacial score (nSPS) is 18.6. The first-order chi connectivity index (χ1) is 13.0. The molecule has 1 fully saturated rings. The fourth-order valence-electron chi connectivity index (χ4n) is 2.56. The van der Waals surface area contributed by atoms with Crippen molar-refractivity contribution >= 4 is 51.7 Å². The highest BCUT2D eigenvalue weighted by Gasteiger charge is 2.35. The van der Waals surface area contributed by atoms with Crippen LogP contribution >= 0.6 is 23.4 Å². The Balaban J connectivity index is 1.80. The zero-order valence-corrected chi connectivity index (χ0v) is 16.1. The van der Waals surface area contributed by atoms with Crippen LogP contribution in [0.2, 0.25) is 5.02 Å². The summed E-state index contributed by atoms with van der Waals surface area (Å²) in [5.41, 5.74) is 1.08. The van der Waals surface area contributed by atoms with Crippen molar-refractivity contribution in [1.82, 2.24) is 4.90 Å². The Kier molecular flexibility index (Phi) is 6.13. The standard InChI is InChI=1S/C19H17ClFN3O2S/c1-2-24-17(25)11-16(18(26)22-14-8-6-13(21)7-9-14)27-19(24)23-15-5-3-4-12(20)10-15/h3-10,16H,2,11H2,1H3,(H,22,26). The van der Waals surface area contributed by atoms with E-state index >= 15 is 0 Å². The van der Waals surface area contributed by atoms with Crippen LogP contribution < -0.4 is 5.32 Å². The lowest BCUT2D eigenvalue weighted by atomic mass is 10.2. The third-order valence-corrected chi connectivity index (χ3v) is 5.32. The van der Waals surface area contributed by atoms with Gasteiger partial charge in [0.15, 0.2) is 5.17 Å². The van der Waals surface area contributed by atoms with Gasteiger partial charge in [0, 0.05) is 23.7 Å². The lowest BCUT2D eigenvalue weighted by molar-refractivity contribution is -0.129. The van der Waals surface area contributed by atoms with E-state index in [1.54, 1.807) is 29.2 Å². The van der Waals surface area contributed by atoms with E-state index in [4.69, 9.17) is 11.6 Å². The van der Waals surface area contributed by atoms with Gasteiger partial charge in [-0.1, -0.05) is 29.4 Å². The number of benzene rings is 2. The van der Waals surface area contributed by atoms with Gasteiger partial charge in [-0.15, -0.1) is 0 Å². The van der Waals surface area contributed by atoms with Crippen molar-refractivity contribution in [2.45, 2.75) is 18.6 Å². The highest BCUT2D eigenvalue weighted by molar-refractivity contribution is 8.15. The van der Waals surface area contributed by atoms with Crippen LogP contribution in [0.5, 0.6) is 0 Å². The fraction of sp³-hybridized carbons (Fsp3) is 0.211. The molecule has 1 atom stereocenters. The summed E-state index contributed by atoms with van der Waals surface area (Å²) in [7, 11) is 0. The third kappa shape index (κ3) is 4.87. The Morgan fingerprint density at radius 3 is 2.74 bits per heavy atom. The van der Waals surface area contributed by atoms with Crippen molar-refractivity contribution in [1.29, 1.82) is 0 Å². The second-order valence-corrected chi connectivity index (χ2v) is 7.43. The van der Waals surface area contributed by atoms with Crippen molar-refractivity contribution in [3.05, 3.63) is 59.4 Å². The molecule has 1 aliphatic rings. The average molecular weight is 406 g/mol. The van der Waals surface area contributed by atoms with E-state index in [1.807, 2.05) is 6.92 Å². The van der Waals surface area contributed by atoms with Crippen LogP contribution in [0.25, 0.3) is 0 Å². The molecule has 1 saturated heterocycles. The summed E-state index contributed by atoms with van der Waals surface area (Å²) in [4.78, 5) is 31.1. The zero-order valence-electron chi connectivity index (χ0n) is 14.5. The molecule has 8 heteroatoms. The second-order valence-electron chi connectivity index (χ2n) is 5.82. The molecule has 0 aromatic heterocycles. The minimum absolute atomic E-state index is 0.0695. The lowest BCUT2D eigenvalue weighted by Gasteiger charge is -2.30. The number of carbonyl (C=O) groups is 2.